The molecule has 0 radical (unpaired) electrons. The minimum Gasteiger partial charge on any atom is -0.292 e. The summed E-state index contributed by atoms with van der Waals surface area (Å²) in [6.07, 6.45) is -4.33. The molecule has 0 amide bonds. The Hall–Kier alpha value is -0.600. The van der Waals surface area contributed by atoms with Crippen LogP contribution in [0.5, 0.6) is 0 Å². The van der Waals surface area contributed by atoms with E-state index in [1.807, 2.05) is 13.8 Å². The van der Waals surface area contributed by atoms with Gasteiger partial charge in [-0.15, -0.1) is 0 Å². The van der Waals surface area contributed by atoms with E-state index in [-0.39, 0.29) is 6.54 Å². The van der Waals surface area contributed by atoms with Crippen LogP contribution in [0.1, 0.15) is 18.3 Å². The lowest BCUT2D eigenvalue weighted by Gasteiger charge is -2.09. The van der Waals surface area contributed by atoms with Crippen LogP contribution in [0, 0.1) is 6.92 Å². The molecule has 0 atom stereocenters. The summed E-state index contributed by atoms with van der Waals surface area (Å²) >= 11 is 3.33. The number of nitrogens with zero attached hydrogens (tertiary/aromatic N) is 2. The Morgan fingerprint density at radius 1 is 1.47 bits per heavy atom. The molecule has 98 valence electrons. The highest BCUT2D eigenvalue weighted by atomic mass is 79.9. The Balaban J connectivity index is 2.52. The van der Waals surface area contributed by atoms with Gasteiger partial charge in [0.1, 0.15) is 0 Å². The van der Waals surface area contributed by atoms with Crippen LogP contribution in [0.3, 0.4) is 0 Å². The molecular formula is C9H13BrF3N3O. The number of halogens is 4. The first-order valence-electron chi connectivity index (χ1n) is 4.98. The Morgan fingerprint density at radius 2 is 2.12 bits per heavy atom. The van der Waals surface area contributed by atoms with Gasteiger partial charge >= 0.3 is 6.18 Å². The van der Waals surface area contributed by atoms with Gasteiger partial charge in [-0.25, -0.2) is 0 Å². The summed E-state index contributed by atoms with van der Waals surface area (Å²) in [5.74, 6) is 0. The molecule has 0 bridgehead atoms. The summed E-state index contributed by atoms with van der Waals surface area (Å²) in [7, 11) is 0. The molecular weight excluding hydrogens is 303 g/mol. The largest absolute Gasteiger partial charge is 0.413 e. The van der Waals surface area contributed by atoms with Gasteiger partial charge in [0.05, 0.1) is 22.4 Å². The molecule has 0 unspecified atom stereocenters. The van der Waals surface area contributed by atoms with Crippen molar-refractivity contribution >= 4 is 15.9 Å². The van der Waals surface area contributed by atoms with Gasteiger partial charge in [0.25, 0.3) is 0 Å². The first-order valence-corrected chi connectivity index (χ1v) is 5.77. The molecule has 0 aliphatic carbocycles. The minimum atomic E-state index is -4.33. The molecule has 1 rings (SSSR count). The second kappa shape index (κ2) is 5.83. The number of hydrogen-bond acceptors (Lipinski definition) is 3. The number of aryl methyl sites for hydroxylation is 2. The molecule has 1 N–H and O–H groups in total. The fraction of sp³-hybridized carbons (Fsp3) is 0.667. The summed E-state index contributed by atoms with van der Waals surface area (Å²) in [6, 6.07) is 0. The molecule has 4 nitrogen and oxygen atoms in total. The van der Waals surface area contributed by atoms with Crippen LogP contribution in [-0.2, 0) is 17.9 Å². The maximum atomic E-state index is 11.8. The number of rotatable bonds is 5. The van der Waals surface area contributed by atoms with Gasteiger partial charge in [0.2, 0.25) is 0 Å². The first kappa shape index (κ1) is 14.5. The topological polar surface area (TPSA) is 39.1 Å². The number of alkyl halides is 3. The van der Waals surface area contributed by atoms with Crippen molar-refractivity contribution in [3.8, 4) is 0 Å². The normalized spacial score (nSPS) is 12.1. The number of aromatic nitrogens is 2. The number of nitrogens with one attached hydrogen (secondary N) is 1. The van der Waals surface area contributed by atoms with E-state index in [0.29, 0.717) is 6.54 Å². The van der Waals surface area contributed by atoms with E-state index in [2.05, 4.69) is 31.3 Å². The van der Waals surface area contributed by atoms with Crippen molar-refractivity contribution in [3.05, 3.63) is 15.9 Å². The summed E-state index contributed by atoms with van der Waals surface area (Å²) in [6.45, 7) is 3.20. The van der Waals surface area contributed by atoms with Gasteiger partial charge in [0, 0.05) is 6.54 Å². The van der Waals surface area contributed by atoms with Crippen LogP contribution in [0.25, 0.3) is 0 Å². The molecule has 17 heavy (non-hydrogen) atoms. The summed E-state index contributed by atoms with van der Waals surface area (Å²) < 4.78 is 37.9. The molecule has 0 spiro atoms. The number of hydroxylamine groups is 1. The highest BCUT2D eigenvalue weighted by Crippen LogP contribution is 2.21. The van der Waals surface area contributed by atoms with E-state index in [4.69, 9.17) is 0 Å². The summed E-state index contributed by atoms with van der Waals surface area (Å²) in [5.41, 5.74) is 3.82. The summed E-state index contributed by atoms with van der Waals surface area (Å²) in [4.78, 5) is 4.33. The molecule has 8 heteroatoms. The van der Waals surface area contributed by atoms with Crippen LogP contribution in [0.15, 0.2) is 4.47 Å². The predicted molar refractivity (Wildman–Crippen MR) is 59.2 cm³/mol. The van der Waals surface area contributed by atoms with Gasteiger partial charge in [0.15, 0.2) is 6.61 Å². The van der Waals surface area contributed by atoms with Crippen LogP contribution >= 0.6 is 15.9 Å². The lowest BCUT2D eigenvalue weighted by Crippen LogP contribution is -2.25. The Bertz CT molecular complexity index is 378. The predicted octanol–water partition coefficient (Wildman–Crippen LogP) is 2.56. The molecule has 0 saturated carbocycles. The third-order valence-corrected chi connectivity index (χ3v) is 3.06. The minimum absolute atomic E-state index is 0.158. The van der Waals surface area contributed by atoms with E-state index in [1.165, 1.54) is 0 Å². The maximum Gasteiger partial charge on any atom is 0.413 e. The van der Waals surface area contributed by atoms with Gasteiger partial charge in [-0.05, 0) is 29.8 Å². The Labute approximate surface area is 105 Å². The van der Waals surface area contributed by atoms with E-state index in [9.17, 15) is 13.2 Å². The average Bonchev–Trinajstić information content (AvgIpc) is 2.49. The van der Waals surface area contributed by atoms with E-state index in [1.54, 1.807) is 4.68 Å². The average molecular weight is 316 g/mol. The molecule has 0 aromatic carbocycles. The fourth-order valence-corrected chi connectivity index (χ4v) is 1.71. The molecule has 0 fully saturated rings. The van der Waals surface area contributed by atoms with Crippen LogP contribution in [0.2, 0.25) is 0 Å². The lowest BCUT2D eigenvalue weighted by atomic mass is 10.4. The third kappa shape index (κ3) is 4.29. The SMILES string of the molecule is CCn1nc(C)c(Br)c1CNOCC(F)(F)F. The zero-order valence-corrected chi connectivity index (χ0v) is 11.0. The van der Waals surface area contributed by atoms with E-state index >= 15 is 0 Å². The maximum absolute atomic E-state index is 11.8. The standard InChI is InChI=1S/C9H13BrF3N3O/c1-3-16-7(8(10)6(2)15-16)4-14-17-5-9(11,12)13/h14H,3-5H2,1-2H3. The highest BCUT2D eigenvalue weighted by molar-refractivity contribution is 9.10. The van der Waals surface area contributed by atoms with Gasteiger partial charge in [-0.3, -0.25) is 9.52 Å². The summed E-state index contributed by atoms with van der Waals surface area (Å²) in [5, 5.41) is 4.21. The molecule has 0 aliphatic heterocycles. The molecule has 0 aliphatic rings. The Morgan fingerprint density at radius 3 is 2.65 bits per heavy atom. The van der Waals surface area contributed by atoms with Crippen molar-refractivity contribution in [3.63, 3.8) is 0 Å². The zero-order valence-electron chi connectivity index (χ0n) is 9.44. The van der Waals surface area contributed by atoms with Gasteiger partial charge in [-0.1, -0.05) is 0 Å². The number of hydrogen-bond donors (Lipinski definition) is 1. The van der Waals surface area contributed by atoms with Crippen molar-refractivity contribution in [2.45, 2.75) is 33.1 Å². The van der Waals surface area contributed by atoms with Crippen molar-refractivity contribution in [1.29, 1.82) is 0 Å². The zero-order chi connectivity index (χ0) is 13.1. The van der Waals surface area contributed by atoms with Crippen LogP contribution in [-0.4, -0.2) is 22.6 Å². The second-order valence-corrected chi connectivity index (χ2v) is 4.18. The van der Waals surface area contributed by atoms with Crippen molar-refractivity contribution in [2.24, 2.45) is 0 Å². The second-order valence-electron chi connectivity index (χ2n) is 3.39. The third-order valence-electron chi connectivity index (χ3n) is 2.03. The van der Waals surface area contributed by atoms with Crippen molar-refractivity contribution in [2.75, 3.05) is 6.61 Å². The van der Waals surface area contributed by atoms with Crippen molar-refractivity contribution < 1.29 is 18.0 Å². The van der Waals surface area contributed by atoms with Crippen molar-refractivity contribution in [1.82, 2.24) is 15.3 Å². The highest BCUT2D eigenvalue weighted by Gasteiger charge is 2.27. The quantitative estimate of drug-likeness (QED) is 0.670. The van der Waals surface area contributed by atoms with E-state index in [0.717, 1.165) is 15.9 Å². The fourth-order valence-electron chi connectivity index (χ4n) is 1.29. The monoisotopic (exact) mass is 315 g/mol. The van der Waals surface area contributed by atoms with Gasteiger partial charge < -0.3 is 0 Å². The van der Waals surface area contributed by atoms with Crippen LogP contribution < -0.4 is 5.48 Å². The van der Waals surface area contributed by atoms with E-state index < -0.39 is 12.8 Å². The van der Waals surface area contributed by atoms with Gasteiger partial charge in [-0.2, -0.15) is 23.8 Å². The lowest BCUT2D eigenvalue weighted by molar-refractivity contribution is -0.190. The molecule has 0 saturated heterocycles. The molecule has 1 aromatic heterocycles. The smallest absolute Gasteiger partial charge is 0.292 e. The first-order chi connectivity index (χ1) is 7.85. The molecule has 1 aromatic rings. The molecule has 1 heterocycles. The Kier molecular flexibility index (Phi) is 4.96. The van der Waals surface area contributed by atoms with Crippen LogP contribution in [0.4, 0.5) is 13.2 Å².